The molecule has 0 fully saturated rings. The van der Waals surface area contributed by atoms with Crippen LogP contribution in [0.15, 0.2) is 42.5 Å². The molecule has 0 aromatic heterocycles. The summed E-state index contributed by atoms with van der Waals surface area (Å²) in [6.07, 6.45) is 0.658. The third kappa shape index (κ3) is 4.19. The summed E-state index contributed by atoms with van der Waals surface area (Å²) in [4.78, 5) is 10.2. The molecular weight excluding hydrogens is 358 g/mol. The first-order valence-electron chi connectivity index (χ1n) is 6.31. The Balaban J connectivity index is 1.97. The molecule has 2 rings (SSSR count). The standard InChI is InChI=1S/C15H13BrClNO3/c16-10-12-2-1-3-14(17)15(12)21-9-8-11-4-6-13(7-5-11)18(19)20/h1-7H,8-10H2. The second-order valence-corrected chi connectivity index (χ2v) is 5.35. The zero-order valence-corrected chi connectivity index (χ0v) is 13.4. The maximum Gasteiger partial charge on any atom is 0.269 e. The van der Waals surface area contributed by atoms with Gasteiger partial charge in [-0.25, -0.2) is 0 Å². The van der Waals surface area contributed by atoms with E-state index in [4.69, 9.17) is 16.3 Å². The molecule has 0 aliphatic rings. The first-order valence-corrected chi connectivity index (χ1v) is 7.81. The van der Waals surface area contributed by atoms with Crippen LogP contribution >= 0.6 is 27.5 Å². The molecule has 6 heteroatoms. The zero-order valence-electron chi connectivity index (χ0n) is 11.1. The second-order valence-electron chi connectivity index (χ2n) is 4.38. The Morgan fingerprint density at radius 2 is 1.90 bits per heavy atom. The molecule has 0 aliphatic carbocycles. The predicted molar refractivity (Wildman–Crippen MR) is 86.4 cm³/mol. The zero-order chi connectivity index (χ0) is 15.2. The van der Waals surface area contributed by atoms with Crippen molar-refractivity contribution in [2.24, 2.45) is 0 Å². The molecular formula is C15H13BrClNO3. The lowest BCUT2D eigenvalue weighted by Crippen LogP contribution is -2.03. The molecule has 21 heavy (non-hydrogen) atoms. The lowest BCUT2D eigenvalue weighted by atomic mass is 10.1. The van der Waals surface area contributed by atoms with Gasteiger partial charge in [-0.2, -0.15) is 0 Å². The van der Waals surface area contributed by atoms with E-state index in [1.165, 1.54) is 12.1 Å². The lowest BCUT2D eigenvalue weighted by Gasteiger charge is -2.11. The van der Waals surface area contributed by atoms with Crippen LogP contribution in [-0.2, 0) is 11.8 Å². The third-order valence-corrected chi connectivity index (χ3v) is 3.88. The van der Waals surface area contributed by atoms with Gasteiger partial charge in [0.1, 0.15) is 5.75 Å². The molecule has 0 aliphatic heterocycles. The van der Waals surface area contributed by atoms with Crippen LogP contribution in [0.4, 0.5) is 5.69 Å². The predicted octanol–water partition coefficient (Wildman–Crippen LogP) is 4.76. The van der Waals surface area contributed by atoms with Crippen molar-refractivity contribution in [3.63, 3.8) is 0 Å². The van der Waals surface area contributed by atoms with Gasteiger partial charge in [-0.3, -0.25) is 10.1 Å². The van der Waals surface area contributed by atoms with Crippen molar-refractivity contribution < 1.29 is 9.66 Å². The van der Waals surface area contributed by atoms with E-state index in [0.29, 0.717) is 29.1 Å². The number of nitro benzene ring substituents is 1. The summed E-state index contributed by atoms with van der Waals surface area (Å²) in [6.45, 7) is 0.460. The molecule has 0 amide bonds. The van der Waals surface area contributed by atoms with E-state index in [1.807, 2.05) is 12.1 Å². The number of halogens is 2. The minimum atomic E-state index is -0.410. The highest BCUT2D eigenvalue weighted by molar-refractivity contribution is 9.08. The Hall–Kier alpha value is -1.59. The molecule has 2 aromatic rings. The maximum atomic E-state index is 10.6. The molecule has 4 nitrogen and oxygen atoms in total. The highest BCUT2D eigenvalue weighted by Gasteiger charge is 2.08. The number of nitrogens with zero attached hydrogens (tertiary/aromatic N) is 1. The fourth-order valence-corrected chi connectivity index (χ4v) is 2.57. The Morgan fingerprint density at radius 1 is 1.19 bits per heavy atom. The van der Waals surface area contributed by atoms with Gasteiger partial charge in [-0.15, -0.1) is 0 Å². The Kier molecular flexibility index (Phi) is 5.59. The fourth-order valence-electron chi connectivity index (χ4n) is 1.88. The van der Waals surface area contributed by atoms with Gasteiger partial charge in [-0.1, -0.05) is 51.8 Å². The van der Waals surface area contributed by atoms with Gasteiger partial charge in [0.05, 0.1) is 16.6 Å². The minimum absolute atomic E-state index is 0.0901. The molecule has 0 bridgehead atoms. The molecule has 0 saturated carbocycles. The van der Waals surface area contributed by atoms with E-state index in [-0.39, 0.29) is 5.69 Å². The number of benzene rings is 2. The molecule has 110 valence electrons. The van der Waals surface area contributed by atoms with Crippen molar-refractivity contribution in [3.05, 3.63) is 68.7 Å². The van der Waals surface area contributed by atoms with Crippen LogP contribution in [0.1, 0.15) is 11.1 Å². The monoisotopic (exact) mass is 369 g/mol. The molecule has 0 atom stereocenters. The van der Waals surface area contributed by atoms with Crippen LogP contribution in [0, 0.1) is 10.1 Å². The van der Waals surface area contributed by atoms with E-state index in [1.54, 1.807) is 18.2 Å². The highest BCUT2D eigenvalue weighted by atomic mass is 79.9. The van der Waals surface area contributed by atoms with Crippen LogP contribution in [-0.4, -0.2) is 11.5 Å². The van der Waals surface area contributed by atoms with Gasteiger partial charge < -0.3 is 4.74 Å². The van der Waals surface area contributed by atoms with Crippen molar-refractivity contribution >= 4 is 33.2 Å². The number of non-ortho nitro benzene ring substituents is 1. The van der Waals surface area contributed by atoms with Crippen molar-refractivity contribution in [2.45, 2.75) is 11.8 Å². The molecule has 0 heterocycles. The number of hydrogen-bond acceptors (Lipinski definition) is 3. The van der Waals surface area contributed by atoms with Crippen molar-refractivity contribution in [1.29, 1.82) is 0 Å². The van der Waals surface area contributed by atoms with Crippen molar-refractivity contribution in [3.8, 4) is 5.75 Å². The number of alkyl halides is 1. The van der Waals surface area contributed by atoms with E-state index < -0.39 is 4.92 Å². The molecule has 0 unspecified atom stereocenters. The van der Waals surface area contributed by atoms with Crippen LogP contribution in [0.25, 0.3) is 0 Å². The van der Waals surface area contributed by atoms with E-state index in [0.717, 1.165) is 11.1 Å². The van der Waals surface area contributed by atoms with E-state index in [2.05, 4.69) is 15.9 Å². The summed E-state index contributed by atoms with van der Waals surface area (Å²) in [6, 6.07) is 12.1. The molecule has 2 aromatic carbocycles. The van der Waals surface area contributed by atoms with E-state index >= 15 is 0 Å². The maximum absolute atomic E-state index is 10.6. The third-order valence-electron chi connectivity index (χ3n) is 2.98. The second kappa shape index (κ2) is 7.43. The normalized spacial score (nSPS) is 10.4. The van der Waals surface area contributed by atoms with Crippen LogP contribution < -0.4 is 4.74 Å². The number of para-hydroxylation sites is 1. The van der Waals surface area contributed by atoms with Crippen molar-refractivity contribution in [2.75, 3.05) is 6.61 Å². The largest absolute Gasteiger partial charge is 0.491 e. The SMILES string of the molecule is O=[N+]([O-])c1ccc(CCOc2c(Cl)cccc2CBr)cc1. The van der Waals surface area contributed by atoms with Gasteiger partial charge in [0.25, 0.3) is 5.69 Å². The van der Waals surface area contributed by atoms with E-state index in [9.17, 15) is 10.1 Å². The Labute approximate surface area is 136 Å². The molecule has 0 N–H and O–H groups in total. The number of nitro groups is 1. The Morgan fingerprint density at radius 3 is 2.52 bits per heavy atom. The van der Waals surface area contributed by atoms with Gasteiger partial charge in [-0.05, 0) is 11.6 Å². The summed E-state index contributed by atoms with van der Waals surface area (Å²) in [5, 5.41) is 11.8. The fraction of sp³-hybridized carbons (Fsp3) is 0.200. The average Bonchev–Trinajstić information content (AvgIpc) is 2.49. The molecule has 0 radical (unpaired) electrons. The quantitative estimate of drug-likeness (QED) is 0.418. The van der Waals surface area contributed by atoms with Crippen LogP contribution in [0.3, 0.4) is 0 Å². The van der Waals surface area contributed by atoms with Crippen LogP contribution in [0.2, 0.25) is 5.02 Å². The highest BCUT2D eigenvalue weighted by Crippen LogP contribution is 2.30. The van der Waals surface area contributed by atoms with Gasteiger partial charge in [0.2, 0.25) is 0 Å². The van der Waals surface area contributed by atoms with Gasteiger partial charge >= 0.3 is 0 Å². The first kappa shape index (κ1) is 15.8. The summed E-state index contributed by atoms with van der Waals surface area (Å²) < 4.78 is 5.74. The summed E-state index contributed by atoms with van der Waals surface area (Å²) in [7, 11) is 0. The topological polar surface area (TPSA) is 52.4 Å². The lowest BCUT2D eigenvalue weighted by molar-refractivity contribution is -0.384. The number of hydrogen-bond donors (Lipinski definition) is 0. The van der Waals surface area contributed by atoms with Crippen LogP contribution in [0.5, 0.6) is 5.75 Å². The Bertz CT molecular complexity index is 631. The van der Waals surface area contributed by atoms with Gasteiger partial charge in [0, 0.05) is 29.4 Å². The smallest absolute Gasteiger partial charge is 0.269 e. The minimum Gasteiger partial charge on any atom is -0.491 e. The first-order chi connectivity index (χ1) is 10.1. The molecule has 0 saturated heterocycles. The molecule has 0 spiro atoms. The summed E-state index contributed by atoms with van der Waals surface area (Å²) in [5.74, 6) is 0.679. The number of rotatable bonds is 6. The summed E-state index contributed by atoms with van der Waals surface area (Å²) in [5.41, 5.74) is 2.06. The summed E-state index contributed by atoms with van der Waals surface area (Å²) >= 11 is 9.52. The van der Waals surface area contributed by atoms with Gasteiger partial charge in [0.15, 0.2) is 0 Å². The van der Waals surface area contributed by atoms with Crippen molar-refractivity contribution in [1.82, 2.24) is 0 Å². The average molecular weight is 371 g/mol. The number of ether oxygens (including phenoxy) is 1.